The van der Waals surface area contributed by atoms with Gasteiger partial charge in [0.15, 0.2) is 0 Å². The number of anilines is 1. The first-order valence-electron chi connectivity index (χ1n) is 8.33. The summed E-state index contributed by atoms with van der Waals surface area (Å²) in [6.07, 6.45) is 0. The molecule has 1 atom stereocenters. The number of carbonyl (C=O) groups excluding carboxylic acids is 1. The highest BCUT2D eigenvalue weighted by molar-refractivity contribution is 5.97. The Bertz CT molecular complexity index is 924. The van der Waals surface area contributed by atoms with Crippen molar-refractivity contribution in [1.82, 2.24) is 5.01 Å². The second-order valence-corrected chi connectivity index (χ2v) is 6.57. The molecule has 1 aliphatic heterocycles. The van der Waals surface area contributed by atoms with E-state index in [1.54, 1.807) is 19.1 Å². The number of ether oxygens (including phenoxy) is 1. The number of non-ortho nitro benzene ring substituents is 1. The number of nitro groups is 1. The maximum Gasteiger partial charge on any atom is 0.269 e. The van der Waals surface area contributed by atoms with Crippen molar-refractivity contribution >= 4 is 23.2 Å². The van der Waals surface area contributed by atoms with Crippen molar-refractivity contribution in [3.63, 3.8) is 0 Å². The van der Waals surface area contributed by atoms with Gasteiger partial charge >= 0.3 is 0 Å². The zero-order valence-electron chi connectivity index (χ0n) is 15.5. The number of nitrogens with zero attached hydrogens (tertiary/aromatic N) is 4. The molecule has 1 aliphatic rings. The third kappa shape index (κ3) is 3.33. The van der Waals surface area contributed by atoms with Crippen LogP contribution in [0.2, 0.25) is 0 Å². The van der Waals surface area contributed by atoms with Crippen molar-refractivity contribution in [2.24, 2.45) is 5.10 Å². The van der Waals surface area contributed by atoms with Crippen LogP contribution in [0.5, 0.6) is 0 Å². The molecule has 0 fully saturated rings. The van der Waals surface area contributed by atoms with Gasteiger partial charge in [-0.2, -0.15) is 5.01 Å². The molecule has 1 amide bonds. The molecule has 8 heteroatoms. The average Bonchev–Trinajstić information content (AvgIpc) is 3.01. The lowest BCUT2D eigenvalue weighted by Crippen LogP contribution is -2.41. The van der Waals surface area contributed by atoms with E-state index >= 15 is 0 Å². The van der Waals surface area contributed by atoms with Crippen molar-refractivity contribution in [2.75, 3.05) is 19.0 Å². The second kappa shape index (κ2) is 6.71. The van der Waals surface area contributed by atoms with E-state index in [0.717, 1.165) is 5.69 Å². The Morgan fingerprint density at radius 3 is 2.44 bits per heavy atom. The zero-order chi connectivity index (χ0) is 19.8. The Hall–Kier alpha value is -3.42. The summed E-state index contributed by atoms with van der Waals surface area (Å²) in [5, 5.41) is 16.7. The van der Waals surface area contributed by atoms with Crippen LogP contribution in [0.15, 0.2) is 53.6 Å². The summed E-state index contributed by atoms with van der Waals surface area (Å²) < 4.78 is 6.05. The van der Waals surface area contributed by atoms with Crippen LogP contribution in [0.4, 0.5) is 11.4 Å². The quantitative estimate of drug-likeness (QED) is 0.611. The Labute approximate surface area is 156 Å². The van der Waals surface area contributed by atoms with Crippen LogP contribution in [0.1, 0.15) is 25.0 Å². The minimum atomic E-state index is -1.27. The molecule has 0 radical (unpaired) electrons. The van der Waals surface area contributed by atoms with E-state index in [1.165, 1.54) is 24.1 Å². The monoisotopic (exact) mass is 368 g/mol. The molecular weight excluding hydrogens is 348 g/mol. The predicted molar refractivity (Wildman–Crippen MR) is 101 cm³/mol. The van der Waals surface area contributed by atoms with Gasteiger partial charge in [0.1, 0.15) is 0 Å². The summed E-state index contributed by atoms with van der Waals surface area (Å²) in [4.78, 5) is 24.8. The van der Waals surface area contributed by atoms with Crippen molar-refractivity contribution < 1.29 is 14.5 Å². The molecule has 0 N–H and O–H groups in total. The van der Waals surface area contributed by atoms with Crippen molar-refractivity contribution in [3.05, 3.63) is 69.8 Å². The molecular formula is C19H20N4O4. The molecule has 0 saturated carbocycles. The summed E-state index contributed by atoms with van der Waals surface area (Å²) in [6, 6.07) is 13.6. The number of hydrogen-bond acceptors (Lipinski definition) is 6. The van der Waals surface area contributed by atoms with Gasteiger partial charge in [0.25, 0.3) is 5.69 Å². The highest BCUT2D eigenvalue weighted by atomic mass is 16.6. The van der Waals surface area contributed by atoms with Crippen LogP contribution in [0.25, 0.3) is 0 Å². The van der Waals surface area contributed by atoms with Crippen LogP contribution in [-0.4, -0.2) is 35.8 Å². The third-order valence-corrected chi connectivity index (χ3v) is 4.41. The van der Waals surface area contributed by atoms with E-state index in [1.807, 2.05) is 43.3 Å². The molecule has 27 heavy (non-hydrogen) atoms. The first kappa shape index (κ1) is 18.4. The third-order valence-electron chi connectivity index (χ3n) is 4.41. The molecule has 1 heterocycles. The van der Waals surface area contributed by atoms with E-state index in [-0.39, 0.29) is 17.5 Å². The lowest BCUT2D eigenvalue weighted by molar-refractivity contribution is -0.385. The summed E-state index contributed by atoms with van der Waals surface area (Å²) in [7, 11) is 3.88. The van der Waals surface area contributed by atoms with Crippen LogP contribution in [0.3, 0.4) is 0 Å². The van der Waals surface area contributed by atoms with Gasteiger partial charge in [-0.15, -0.1) is 5.10 Å². The fourth-order valence-electron chi connectivity index (χ4n) is 2.92. The summed E-state index contributed by atoms with van der Waals surface area (Å²) >= 11 is 0. The summed E-state index contributed by atoms with van der Waals surface area (Å²) in [5.41, 5.74) is 0.844. The highest BCUT2D eigenvalue weighted by Crippen LogP contribution is 2.37. The summed E-state index contributed by atoms with van der Waals surface area (Å²) in [6.45, 7) is 3.04. The molecule has 2 aromatic rings. The molecule has 0 aromatic heterocycles. The van der Waals surface area contributed by atoms with Crippen LogP contribution >= 0.6 is 0 Å². The molecule has 0 spiro atoms. The van der Waals surface area contributed by atoms with Crippen molar-refractivity contribution in [1.29, 1.82) is 0 Å². The Morgan fingerprint density at radius 1 is 1.22 bits per heavy atom. The van der Waals surface area contributed by atoms with Crippen molar-refractivity contribution in [3.8, 4) is 0 Å². The number of nitro benzene ring substituents is 1. The zero-order valence-corrected chi connectivity index (χ0v) is 15.5. The predicted octanol–water partition coefficient (Wildman–Crippen LogP) is 3.07. The van der Waals surface area contributed by atoms with Gasteiger partial charge in [-0.3, -0.25) is 14.9 Å². The number of carbonyl (C=O) groups is 1. The van der Waals surface area contributed by atoms with Gasteiger partial charge in [0.2, 0.25) is 17.5 Å². The van der Waals surface area contributed by atoms with E-state index < -0.39 is 10.6 Å². The minimum Gasteiger partial charge on any atom is -0.443 e. The fourth-order valence-corrected chi connectivity index (χ4v) is 2.92. The summed E-state index contributed by atoms with van der Waals surface area (Å²) in [5.74, 6) is -0.0477. The minimum absolute atomic E-state index is 0.0791. The maximum absolute atomic E-state index is 12.2. The van der Waals surface area contributed by atoms with Crippen LogP contribution in [-0.2, 0) is 15.3 Å². The van der Waals surface area contributed by atoms with E-state index in [2.05, 4.69) is 5.10 Å². The van der Waals surface area contributed by atoms with Crippen LogP contribution < -0.4 is 4.90 Å². The number of hydrogen-bond donors (Lipinski definition) is 0. The van der Waals surface area contributed by atoms with Gasteiger partial charge in [-0.25, -0.2) is 0 Å². The second-order valence-electron chi connectivity index (χ2n) is 6.57. The van der Waals surface area contributed by atoms with Gasteiger partial charge in [-0.1, -0.05) is 12.1 Å². The lowest BCUT2D eigenvalue weighted by Gasteiger charge is -2.30. The normalized spacial score (nSPS) is 18.7. The molecule has 2 aromatic carbocycles. The van der Waals surface area contributed by atoms with Gasteiger partial charge in [0, 0.05) is 56.9 Å². The molecule has 0 aliphatic carbocycles. The Kier molecular flexibility index (Phi) is 4.57. The van der Waals surface area contributed by atoms with E-state index in [4.69, 9.17) is 4.74 Å². The number of rotatable bonds is 4. The molecule has 8 nitrogen and oxygen atoms in total. The highest BCUT2D eigenvalue weighted by Gasteiger charge is 2.45. The van der Waals surface area contributed by atoms with Gasteiger partial charge in [0.05, 0.1) is 4.92 Å². The average molecular weight is 368 g/mol. The Morgan fingerprint density at radius 2 is 1.89 bits per heavy atom. The smallest absolute Gasteiger partial charge is 0.269 e. The van der Waals surface area contributed by atoms with E-state index in [0.29, 0.717) is 11.1 Å². The largest absolute Gasteiger partial charge is 0.443 e. The molecule has 0 unspecified atom stereocenters. The fraction of sp³-hybridized carbons (Fsp3) is 0.263. The molecule has 140 valence electrons. The number of amides is 1. The topological polar surface area (TPSA) is 88.3 Å². The van der Waals surface area contributed by atoms with E-state index in [9.17, 15) is 14.9 Å². The van der Waals surface area contributed by atoms with Gasteiger partial charge < -0.3 is 9.64 Å². The molecule has 3 rings (SSSR count). The molecule has 0 saturated heterocycles. The standard InChI is InChI=1S/C19H20N4O4/c1-13(24)22-19(2,15-6-5-7-17(12-15)23(25)26)27-18(20-22)14-8-10-16(11-9-14)21(3)4/h5-12H,1-4H3/t19-/m0/s1. The molecule has 0 bridgehead atoms. The number of benzene rings is 2. The first-order chi connectivity index (χ1) is 12.7. The Balaban J connectivity index is 2.00. The van der Waals surface area contributed by atoms with Crippen molar-refractivity contribution in [2.45, 2.75) is 19.6 Å². The maximum atomic E-state index is 12.2. The first-order valence-corrected chi connectivity index (χ1v) is 8.33. The number of hydrazone groups is 1. The lowest BCUT2D eigenvalue weighted by atomic mass is 10.0. The SMILES string of the molecule is CC(=O)N1N=C(c2ccc(N(C)C)cc2)O[C@@]1(C)c1cccc([N+](=O)[O-])c1. The van der Waals surface area contributed by atoms with Gasteiger partial charge in [-0.05, 0) is 24.3 Å². The van der Waals surface area contributed by atoms with Crippen LogP contribution in [0, 0.1) is 10.1 Å².